The van der Waals surface area contributed by atoms with Crippen molar-refractivity contribution in [2.75, 3.05) is 26.4 Å². The maximum absolute atomic E-state index is 13.5. The molecular weight excluding hydrogens is 509 g/mol. The average Bonchev–Trinajstić information content (AvgIpc) is 3.33. The third-order valence-corrected chi connectivity index (χ3v) is 7.41. The maximum Gasteiger partial charge on any atom is 0.366 e. The zero-order valence-corrected chi connectivity index (χ0v) is 20.3. The van der Waals surface area contributed by atoms with Crippen molar-refractivity contribution >= 4 is 30.6 Å². The number of nitrogens with zero attached hydrogens (tertiary/aromatic N) is 5. The summed E-state index contributed by atoms with van der Waals surface area (Å²) >= 11 is 0. The Morgan fingerprint density at radius 1 is 1.14 bits per heavy atom. The van der Waals surface area contributed by atoms with Crippen molar-refractivity contribution in [2.45, 2.75) is 51.1 Å². The van der Waals surface area contributed by atoms with Crippen molar-refractivity contribution < 1.29 is 53.1 Å². The number of fused-ring (bicyclic) bond motifs is 1. The monoisotopic (exact) mass is 535 g/mol. The van der Waals surface area contributed by atoms with E-state index in [9.17, 15) is 39.4 Å². The van der Waals surface area contributed by atoms with Crippen LogP contribution < -0.4 is 5.56 Å². The van der Waals surface area contributed by atoms with Crippen molar-refractivity contribution in [1.82, 2.24) is 24.8 Å². The van der Waals surface area contributed by atoms with Gasteiger partial charge in [-0.25, -0.2) is 14.3 Å². The molecule has 2 aromatic rings. The summed E-state index contributed by atoms with van der Waals surface area (Å²) in [5.41, 5.74) is -2.94. The first kappa shape index (κ1) is 27.8. The molecule has 0 bridgehead atoms. The minimum Gasteiger partial charge on any atom is -0.479 e. The number of aliphatic carboxylic acids is 1. The molecule has 1 fully saturated rings. The van der Waals surface area contributed by atoms with Crippen molar-refractivity contribution in [3.05, 3.63) is 16.0 Å². The summed E-state index contributed by atoms with van der Waals surface area (Å²) in [5, 5.41) is 50.9. The van der Waals surface area contributed by atoms with Gasteiger partial charge in [-0.1, -0.05) is 5.21 Å². The van der Waals surface area contributed by atoms with Crippen LogP contribution in [0.2, 0.25) is 0 Å². The van der Waals surface area contributed by atoms with Gasteiger partial charge in [-0.15, -0.1) is 5.10 Å². The van der Waals surface area contributed by atoms with Gasteiger partial charge in [-0.05, 0) is 20.8 Å². The Balaban J connectivity index is 2.33. The molecule has 0 aromatic carbocycles. The number of carboxylic acid groups (broad SMARTS) is 1. The van der Waals surface area contributed by atoms with Crippen molar-refractivity contribution in [2.24, 2.45) is 0 Å². The van der Waals surface area contributed by atoms with Crippen LogP contribution in [0.15, 0.2) is 4.79 Å². The standard InChI is InChI=1S/C18H26N5O12P/c1-4-32-18(30)10-9-11(22(20-10)16(17(28)29)36(31,33-5-2)34-6-3)14(27)23(21-19-9)15-13(26)12(25)8(7-24)35-15/h8,12-13,15-16,24-26H,4-7H2,1-3H3,(H,28,29). The largest absolute Gasteiger partial charge is 0.479 e. The molecule has 0 amide bonds. The second-order valence-corrected chi connectivity index (χ2v) is 9.45. The fraction of sp³-hybridized carbons (Fsp3) is 0.667. The molecule has 0 aliphatic carbocycles. The fourth-order valence-electron chi connectivity index (χ4n) is 3.64. The first-order valence-corrected chi connectivity index (χ1v) is 12.5. The summed E-state index contributed by atoms with van der Waals surface area (Å²) in [6, 6.07) is 0. The number of aromatic nitrogens is 5. The molecule has 5 atom stereocenters. The summed E-state index contributed by atoms with van der Waals surface area (Å²) in [6.45, 7) is 3.13. The molecule has 17 nitrogen and oxygen atoms in total. The van der Waals surface area contributed by atoms with Gasteiger partial charge in [0.25, 0.3) is 5.56 Å². The number of esters is 1. The summed E-state index contributed by atoms with van der Waals surface area (Å²) in [7, 11) is -4.54. The van der Waals surface area contributed by atoms with E-state index < -0.39 is 78.8 Å². The highest BCUT2D eigenvalue weighted by Crippen LogP contribution is 2.59. The molecule has 200 valence electrons. The topological polar surface area (TPSA) is 235 Å². The van der Waals surface area contributed by atoms with Gasteiger partial charge in [-0.2, -0.15) is 9.78 Å². The van der Waals surface area contributed by atoms with E-state index in [1.54, 1.807) is 0 Å². The molecule has 0 radical (unpaired) electrons. The van der Waals surface area contributed by atoms with Gasteiger partial charge in [0, 0.05) is 0 Å². The minimum atomic E-state index is -4.54. The molecule has 4 N–H and O–H groups in total. The molecule has 18 heteroatoms. The highest BCUT2D eigenvalue weighted by atomic mass is 31.2. The molecule has 1 saturated heterocycles. The van der Waals surface area contributed by atoms with Crippen molar-refractivity contribution in [1.29, 1.82) is 0 Å². The molecule has 0 spiro atoms. The zero-order valence-electron chi connectivity index (χ0n) is 19.5. The van der Waals surface area contributed by atoms with Gasteiger partial charge < -0.3 is 38.9 Å². The third-order valence-electron chi connectivity index (χ3n) is 5.13. The van der Waals surface area contributed by atoms with E-state index in [2.05, 4.69) is 15.4 Å². The molecule has 36 heavy (non-hydrogen) atoms. The Hall–Kier alpha value is -2.79. The van der Waals surface area contributed by atoms with Gasteiger partial charge in [-0.3, -0.25) is 9.36 Å². The second-order valence-electron chi connectivity index (χ2n) is 7.37. The molecule has 2 aromatic heterocycles. The molecule has 1 aliphatic heterocycles. The summed E-state index contributed by atoms with van der Waals surface area (Å²) in [5.74, 6) is -5.08. The van der Waals surface area contributed by atoms with Gasteiger partial charge in [0.15, 0.2) is 23.0 Å². The van der Waals surface area contributed by atoms with Gasteiger partial charge in [0.05, 0.1) is 26.4 Å². The molecule has 3 heterocycles. The molecule has 0 saturated carbocycles. The lowest BCUT2D eigenvalue weighted by molar-refractivity contribution is -0.139. The first-order valence-electron chi connectivity index (χ1n) is 10.8. The molecule has 5 unspecified atom stereocenters. The van der Waals surface area contributed by atoms with E-state index in [1.165, 1.54) is 20.8 Å². The number of aliphatic hydroxyl groups is 3. The fourth-order valence-corrected chi connectivity index (χ4v) is 5.42. The molecule has 1 aliphatic rings. The van der Waals surface area contributed by atoms with Crippen molar-refractivity contribution in [3.8, 4) is 0 Å². The SMILES string of the molecule is CCOC(=O)c1nn(C(C(=O)O)P(=O)(OCC)OCC)c2c(=O)n(C3OC(CO)C(O)C3O)nnc12. The van der Waals surface area contributed by atoms with Crippen LogP contribution in [0.3, 0.4) is 0 Å². The van der Waals surface area contributed by atoms with E-state index >= 15 is 0 Å². The van der Waals surface area contributed by atoms with E-state index in [1.807, 2.05) is 0 Å². The Morgan fingerprint density at radius 3 is 2.28 bits per heavy atom. The van der Waals surface area contributed by atoms with Crippen LogP contribution in [-0.4, -0.2) is 102 Å². The van der Waals surface area contributed by atoms with E-state index in [0.29, 0.717) is 9.36 Å². The lowest BCUT2D eigenvalue weighted by Crippen LogP contribution is -2.37. The second kappa shape index (κ2) is 11.1. The molecule has 3 rings (SSSR count). The summed E-state index contributed by atoms with van der Waals surface area (Å²) in [6.07, 6.45) is -6.24. The normalized spacial score (nSPS) is 23.2. The number of ether oxygens (including phenoxy) is 2. The van der Waals surface area contributed by atoms with E-state index in [4.69, 9.17) is 18.5 Å². The predicted molar refractivity (Wildman–Crippen MR) is 116 cm³/mol. The number of carboxylic acids is 1. The number of hydrogen-bond donors (Lipinski definition) is 4. The maximum atomic E-state index is 13.5. The Bertz CT molecular complexity index is 1220. The number of aliphatic hydroxyl groups excluding tert-OH is 3. The van der Waals surface area contributed by atoms with Crippen LogP contribution in [0.1, 0.15) is 43.3 Å². The van der Waals surface area contributed by atoms with Crippen LogP contribution in [-0.2, 0) is 27.9 Å². The van der Waals surface area contributed by atoms with E-state index in [0.717, 1.165) is 0 Å². The van der Waals surface area contributed by atoms with Crippen molar-refractivity contribution in [3.63, 3.8) is 0 Å². The Labute approximate surface area is 202 Å². The van der Waals surface area contributed by atoms with Crippen LogP contribution in [0.25, 0.3) is 11.0 Å². The highest BCUT2D eigenvalue weighted by Gasteiger charge is 2.48. The van der Waals surface area contributed by atoms with Gasteiger partial charge in [0.2, 0.25) is 5.78 Å². The van der Waals surface area contributed by atoms with Gasteiger partial charge >= 0.3 is 19.5 Å². The minimum absolute atomic E-state index is 0.0982. The average molecular weight is 535 g/mol. The van der Waals surface area contributed by atoms with Crippen LogP contribution >= 0.6 is 7.60 Å². The van der Waals surface area contributed by atoms with E-state index in [-0.39, 0.29) is 19.8 Å². The van der Waals surface area contributed by atoms with Gasteiger partial charge in [0.1, 0.15) is 18.3 Å². The Kier molecular flexibility index (Phi) is 8.55. The van der Waals surface area contributed by atoms with Crippen LogP contribution in [0.5, 0.6) is 0 Å². The first-order chi connectivity index (χ1) is 17.1. The molecular formula is C18H26N5O12P. The lowest BCUT2D eigenvalue weighted by Gasteiger charge is -2.23. The third kappa shape index (κ3) is 4.78. The number of rotatable bonds is 11. The van der Waals surface area contributed by atoms with Crippen LogP contribution in [0.4, 0.5) is 0 Å². The Morgan fingerprint density at radius 2 is 1.78 bits per heavy atom. The van der Waals surface area contributed by atoms with Crippen LogP contribution in [0, 0.1) is 0 Å². The number of carbonyl (C=O) groups excluding carboxylic acids is 1. The number of carbonyl (C=O) groups is 2. The summed E-state index contributed by atoms with van der Waals surface area (Å²) in [4.78, 5) is 38.3. The highest BCUT2D eigenvalue weighted by molar-refractivity contribution is 7.55. The number of hydrogen-bond acceptors (Lipinski definition) is 14. The quantitative estimate of drug-likeness (QED) is 0.192. The zero-order chi connectivity index (χ0) is 26.8. The lowest BCUT2D eigenvalue weighted by atomic mass is 10.1. The predicted octanol–water partition coefficient (Wildman–Crippen LogP) is -1.37. The smallest absolute Gasteiger partial charge is 0.366 e. The summed E-state index contributed by atoms with van der Waals surface area (Å²) < 4.78 is 34.9.